The van der Waals surface area contributed by atoms with Gasteiger partial charge in [-0.1, -0.05) is 0 Å². The van der Waals surface area contributed by atoms with E-state index in [4.69, 9.17) is 5.11 Å². The first-order valence-corrected chi connectivity index (χ1v) is 5.16. The number of aliphatic hydroxyl groups excluding tert-OH is 1. The average molecular weight is 245 g/mol. The summed E-state index contributed by atoms with van der Waals surface area (Å²) in [5.74, 6) is -2.96. The van der Waals surface area contributed by atoms with Gasteiger partial charge in [-0.25, -0.2) is 4.79 Å². The molecule has 1 aliphatic rings. The van der Waals surface area contributed by atoms with Crippen molar-refractivity contribution in [3.8, 4) is 0 Å². The number of aliphatic carboxylic acids is 1. The first-order valence-electron chi connectivity index (χ1n) is 5.16. The Morgan fingerprint density at radius 2 is 2.12 bits per heavy atom. The van der Waals surface area contributed by atoms with Crippen LogP contribution in [-0.4, -0.2) is 58.8 Å². The summed E-state index contributed by atoms with van der Waals surface area (Å²) in [5.41, 5.74) is 0. The molecule has 1 rings (SSSR count). The monoisotopic (exact) mass is 245 g/mol. The molecule has 0 saturated carbocycles. The Balaban J connectivity index is 2.82. The standard InChI is InChI=1S/C10H15NO6/c1-5(12)8(9(14)15)11-4-6(3-7(11)13)10(16)17-2/h5-6,8,12H,3-4H2,1-2H3,(H,14,15)/t5-,6?,8-/m0/s1. The number of carboxylic acids is 1. The van der Waals surface area contributed by atoms with Crippen LogP contribution in [0.1, 0.15) is 13.3 Å². The van der Waals surface area contributed by atoms with E-state index < -0.39 is 35.9 Å². The number of aliphatic hydroxyl groups is 1. The number of nitrogens with zero attached hydrogens (tertiary/aromatic N) is 1. The number of esters is 1. The lowest BCUT2D eigenvalue weighted by molar-refractivity contribution is -0.153. The minimum Gasteiger partial charge on any atom is -0.480 e. The van der Waals surface area contributed by atoms with Crippen LogP contribution in [0, 0.1) is 5.92 Å². The molecule has 1 unspecified atom stereocenters. The Morgan fingerprint density at radius 3 is 2.53 bits per heavy atom. The zero-order chi connectivity index (χ0) is 13.2. The van der Waals surface area contributed by atoms with E-state index in [2.05, 4.69) is 4.74 Å². The number of methoxy groups -OCH3 is 1. The van der Waals surface area contributed by atoms with Crippen molar-refractivity contribution in [2.45, 2.75) is 25.5 Å². The molecule has 0 bridgehead atoms. The molecule has 0 aromatic carbocycles. The van der Waals surface area contributed by atoms with Crippen LogP contribution in [0.5, 0.6) is 0 Å². The minimum absolute atomic E-state index is 0.0344. The molecule has 0 aromatic heterocycles. The van der Waals surface area contributed by atoms with E-state index in [0.717, 1.165) is 4.90 Å². The van der Waals surface area contributed by atoms with Crippen molar-refractivity contribution in [2.75, 3.05) is 13.7 Å². The maximum absolute atomic E-state index is 11.6. The van der Waals surface area contributed by atoms with Crippen molar-refractivity contribution in [3.05, 3.63) is 0 Å². The van der Waals surface area contributed by atoms with Crippen LogP contribution in [0.2, 0.25) is 0 Å². The molecule has 96 valence electrons. The van der Waals surface area contributed by atoms with E-state index in [0.29, 0.717) is 0 Å². The van der Waals surface area contributed by atoms with Gasteiger partial charge in [0.15, 0.2) is 6.04 Å². The van der Waals surface area contributed by atoms with Crippen LogP contribution in [0.4, 0.5) is 0 Å². The van der Waals surface area contributed by atoms with Gasteiger partial charge in [0, 0.05) is 13.0 Å². The molecule has 3 atom stereocenters. The zero-order valence-corrected chi connectivity index (χ0v) is 9.62. The van der Waals surface area contributed by atoms with Crippen molar-refractivity contribution < 1.29 is 29.3 Å². The van der Waals surface area contributed by atoms with E-state index >= 15 is 0 Å². The smallest absolute Gasteiger partial charge is 0.329 e. The van der Waals surface area contributed by atoms with E-state index in [1.807, 2.05) is 0 Å². The third-order valence-electron chi connectivity index (χ3n) is 2.74. The van der Waals surface area contributed by atoms with Crippen LogP contribution < -0.4 is 0 Å². The van der Waals surface area contributed by atoms with E-state index in [-0.39, 0.29) is 13.0 Å². The summed E-state index contributed by atoms with van der Waals surface area (Å²) >= 11 is 0. The second-order valence-electron chi connectivity index (χ2n) is 3.99. The summed E-state index contributed by atoms with van der Waals surface area (Å²) in [6.07, 6.45) is -1.28. The summed E-state index contributed by atoms with van der Waals surface area (Å²) in [7, 11) is 1.21. The van der Waals surface area contributed by atoms with Gasteiger partial charge < -0.3 is 19.8 Å². The van der Waals surface area contributed by atoms with Crippen LogP contribution in [0.15, 0.2) is 0 Å². The predicted molar refractivity (Wildman–Crippen MR) is 54.9 cm³/mol. The minimum atomic E-state index is -1.32. The van der Waals surface area contributed by atoms with Gasteiger partial charge in [-0.2, -0.15) is 0 Å². The van der Waals surface area contributed by atoms with Crippen LogP contribution in [0.25, 0.3) is 0 Å². The second kappa shape index (κ2) is 5.13. The Hall–Kier alpha value is -1.63. The summed E-state index contributed by atoms with van der Waals surface area (Å²) in [6.45, 7) is 1.25. The first-order chi connectivity index (χ1) is 7.88. The molecule has 7 nitrogen and oxygen atoms in total. The van der Waals surface area contributed by atoms with Crippen molar-refractivity contribution >= 4 is 17.8 Å². The lowest BCUT2D eigenvalue weighted by atomic mass is 10.1. The van der Waals surface area contributed by atoms with Crippen molar-refractivity contribution in [1.29, 1.82) is 0 Å². The number of hydrogen-bond donors (Lipinski definition) is 2. The highest BCUT2D eigenvalue weighted by Gasteiger charge is 2.42. The van der Waals surface area contributed by atoms with Gasteiger partial charge in [0.25, 0.3) is 0 Å². The van der Waals surface area contributed by atoms with Gasteiger partial charge in [0.2, 0.25) is 5.91 Å². The van der Waals surface area contributed by atoms with Crippen LogP contribution >= 0.6 is 0 Å². The molecule has 17 heavy (non-hydrogen) atoms. The molecule has 0 aliphatic carbocycles. The Bertz CT molecular complexity index is 340. The highest BCUT2D eigenvalue weighted by molar-refractivity contribution is 5.90. The molecule has 1 amide bonds. The quantitative estimate of drug-likeness (QED) is 0.605. The van der Waals surface area contributed by atoms with Gasteiger partial charge in [0.05, 0.1) is 19.1 Å². The van der Waals surface area contributed by atoms with Gasteiger partial charge in [-0.05, 0) is 6.92 Å². The van der Waals surface area contributed by atoms with Gasteiger partial charge in [-0.15, -0.1) is 0 Å². The molecular formula is C10H15NO6. The largest absolute Gasteiger partial charge is 0.480 e. The Morgan fingerprint density at radius 1 is 1.53 bits per heavy atom. The number of rotatable bonds is 4. The van der Waals surface area contributed by atoms with Gasteiger partial charge in [0.1, 0.15) is 0 Å². The summed E-state index contributed by atoms with van der Waals surface area (Å²) < 4.78 is 4.50. The SMILES string of the molecule is COC(=O)C1CC(=O)N([C@H](C(=O)O)[C@H](C)O)C1. The first kappa shape index (κ1) is 13.4. The number of carbonyl (C=O) groups is 3. The van der Waals surface area contributed by atoms with E-state index in [9.17, 15) is 19.5 Å². The fourth-order valence-electron chi connectivity index (χ4n) is 1.93. The Kier molecular flexibility index (Phi) is 4.06. The van der Waals surface area contributed by atoms with Crippen LogP contribution in [0.3, 0.4) is 0 Å². The van der Waals surface area contributed by atoms with E-state index in [1.165, 1.54) is 14.0 Å². The molecule has 0 radical (unpaired) electrons. The van der Waals surface area contributed by atoms with Crippen LogP contribution in [-0.2, 0) is 19.1 Å². The zero-order valence-electron chi connectivity index (χ0n) is 9.62. The normalized spacial score (nSPS) is 23.4. The molecular weight excluding hydrogens is 230 g/mol. The van der Waals surface area contributed by atoms with Gasteiger partial charge in [-0.3, -0.25) is 9.59 Å². The number of amides is 1. The maximum Gasteiger partial charge on any atom is 0.329 e. The summed E-state index contributed by atoms with van der Waals surface area (Å²) in [6, 6.07) is -1.32. The molecule has 1 heterocycles. The predicted octanol–water partition coefficient (Wildman–Crippen LogP) is -1.16. The summed E-state index contributed by atoms with van der Waals surface area (Å²) in [4.78, 5) is 34.8. The molecule has 1 fully saturated rings. The number of ether oxygens (including phenoxy) is 1. The lowest BCUT2D eigenvalue weighted by Crippen LogP contribution is -2.48. The van der Waals surface area contributed by atoms with E-state index in [1.54, 1.807) is 0 Å². The molecule has 1 aliphatic heterocycles. The molecule has 0 spiro atoms. The lowest BCUT2D eigenvalue weighted by Gasteiger charge is -2.26. The highest BCUT2D eigenvalue weighted by atomic mass is 16.5. The van der Waals surface area contributed by atoms with Crippen molar-refractivity contribution in [2.24, 2.45) is 5.92 Å². The summed E-state index contributed by atoms with van der Waals surface area (Å²) in [5, 5.41) is 18.3. The number of hydrogen-bond acceptors (Lipinski definition) is 5. The third kappa shape index (κ3) is 2.73. The molecule has 7 heteroatoms. The van der Waals surface area contributed by atoms with Crippen molar-refractivity contribution in [3.63, 3.8) is 0 Å². The fourth-order valence-corrected chi connectivity index (χ4v) is 1.93. The van der Waals surface area contributed by atoms with Gasteiger partial charge >= 0.3 is 11.9 Å². The number of carbonyl (C=O) groups excluding carboxylic acids is 2. The molecule has 1 saturated heterocycles. The molecule has 0 aromatic rings. The Labute approximate surface area is 98.0 Å². The fraction of sp³-hybridized carbons (Fsp3) is 0.700. The average Bonchev–Trinajstić information content (AvgIpc) is 2.59. The number of likely N-dealkylation sites (tertiary alicyclic amines) is 1. The topological polar surface area (TPSA) is 104 Å². The maximum atomic E-state index is 11.6. The molecule has 2 N–H and O–H groups in total. The van der Waals surface area contributed by atoms with Crippen molar-refractivity contribution in [1.82, 2.24) is 4.90 Å². The highest BCUT2D eigenvalue weighted by Crippen LogP contribution is 2.22. The second-order valence-corrected chi connectivity index (χ2v) is 3.99. The number of carboxylic acid groups (broad SMARTS) is 1. The third-order valence-corrected chi connectivity index (χ3v) is 2.74.